The number of rotatable bonds is 3. The third-order valence-corrected chi connectivity index (χ3v) is 2.47. The van der Waals surface area contributed by atoms with Crippen molar-refractivity contribution in [1.29, 1.82) is 0 Å². The van der Waals surface area contributed by atoms with Crippen LogP contribution in [0.2, 0.25) is 0 Å². The van der Waals surface area contributed by atoms with E-state index in [1.165, 1.54) is 0 Å². The van der Waals surface area contributed by atoms with Crippen molar-refractivity contribution in [1.82, 2.24) is 0 Å². The van der Waals surface area contributed by atoms with Crippen molar-refractivity contribution in [3.05, 3.63) is 0 Å². The number of carboxylic acids is 1. The monoisotopic (exact) mass is 186 g/mol. The molecule has 0 saturated heterocycles. The lowest BCUT2D eigenvalue weighted by Gasteiger charge is -2.40. The second kappa shape index (κ2) is 3.36. The Kier molecular flexibility index (Phi) is 2.59. The highest BCUT2D eigenvalue weighted by Gasteiger charge is 2.56. The van der Waals surface area contributed by atoms with Crippen molar-refractivity contribution in [2.45, 2.75) is 26.7 Å². The minimum absolute atomic E-state index is 0.238. The van der Waals surface area contributed by atoms with E-state index < -0.39 is 17.4 Å². The normalized spacial score (nSPS) is 32.0. The molecule has 1 rings (SSSR count). The summed E-state index contributed by atoms with van der Waals surface area (Å²) in [6.07, 6.45) is 0.808. The molecule has 0 atom stereocenters. The minimum Gasteiger partial charge on any atom is -0.480 e. The van der Waals surface area contributed by atoms with Crippen molar-refractivity contribution in [2.75, 3.05) is 6.61 Å². The Morgan fingerprint density at radius 1 is 1.54 bits per heavy atom. The van der Waals surface area contributed by atoms with Gasteiger partial charge in [-0.1, -0.05) is 6.92 Å². The number of carbonyl (C=O) groups excluding carboxylic acids is 1. The second-order valence-electron chi connectivity index (χ2n) is 3.62. The number of hydrogen-bond acceptors (Lipinski definition) is 3. The number of hydrogen-bond donors (Lipinski definition) is 1. The maximum absolute atomic E-state index is 11.3. The van der Waals surface area contributed by atoms with Crippen LogP contribution < -0.4 is 0 Å². The number of ether oxygens (including phenoxy) is 1. The maximum Gasteiger partial charge on any atom is 0.323 e. The van der Waals surface area contributed by atoms with Crippen LogP contribution in [0.1, 0.15) is 26.7 Å². The minimum atomic E-state index is -1.24. The average molecular weight is 186 g/mol. The summed E-state index contributed by atoms with van der Waals surface area (Å²) in [5.74, 6) is -1.33. The quantitative estimate of drug-likeness (QED) is 0.528. The van der Waals surface area contributed by atoms with Crippen molar-refractivity contribution >= 4 is 11.9 Å². The molecule has 4 nitrogen and oxygen atoms in total. The molecular formula is C9H14O4. The molecule has 0 bridgehead atoms. The maximum atomic E-state index is 11.3. The number of aliphatic carboxylic acids is 1. The molecule has 1 fully saturated rings. The first kappa shape index (κ1) is 10.0. The Labute approximate surface area is 76.9 Å². The zero-order valence-corrected chi connectivity index (χ0v) is 7.87. The Morgan fingerprint density at radius 2 is 2.08 bits per heavy atom. The standard InChI is InChI=1S/C9H14O4/c1-3-13-8(12)9(7(10)11)4-6(2)5-9/h6H,3-5H2,1-2H3,(H,10,11). The Hall–Kier alpha value is -1.06. The van der Waals surface area contributed by atoms with Gasteiger partial charge in [0.1, 0.15) is 0 Å². The summed E-state index contributed by atoms with van der Waals surface area (Å²) in [6, 6.07) is 0. The molecule has 0 aromatic heterocycles. The van der Waals surface area contributed by atoms with Crippen LogP contribution in [-0.4, -0.2) is 23.7 Å². The molecule has 0 amide bonds. The summed E-state index contributed by atoms with van der Waals surface area (Å²) in [7, 11) is 0. The summed E-state index contributed by atoms with van der Waals surface area (Å²) < 4.78 is 4.74. The molecule has 0 aliphatic heterocycles. The van der Waals surface area contributed by atoms with Gasteiger partial charge in [0.25, 0.3) is 0 Å². The highest BCUT2D eigenvalue weighted by atomic mass is 16.5. The molecule has 1 aliphatic rings. The van der Waals surface area contributed by atoms with E-state index in [9.17, 15) is 9.59 Å². The fraction of sp³-hybridized carbons (Fsp3) is 0.778. The van der Waals surface area contributed by atoms with Gasteiger partial charge in [-0.3, -0.25) is 9.59 Å². The molecule has 0 heterocycles. The zero-order chi connectivity index (χ0) is 10.1. The van der Waals surface area contributed by atoms with Gasteiger partial charge in [0.15, 0.2) is 5.41 Å². The molecule has 13 heavy (non-hydrogen) atoms. The lowest BCUT2D eigenvalue weighted by Crippen LogP contribution is -2.50. The lowest BCUT2D eigenvalue weighted by molar-refractivity contribution is -0.179. The molecule has 0 aromatic carbocycles. The Bertz CT molecular complexity index is 228. The van der Waals surface area contributed by atoms with Crippen molar-refractivity contribution < 1.29 is 19.4 Å². The predicted molar refractivity (Wildman–Crippen MR) is 45.1 cm³/mol. The van der Waals surface area contributed by atoms with Crippen molar-refractivity contribution in [3.63, 3.8) is 0 Å². The summed E-state index contributed by atoms with van der Waals surface area (Å²) >= 11 is 0. The Morgan fingerprint density at radius 3 is 2.38 bits per heavy atom. The van der Waals surface area contributed by atoms with E-state index in [1.54, 1.807) is 6.92 Å². The summed E-state index contributed by atoms with van der Waals surface area (Å²) in [5, 5.41) is 8.90. The van der Waals surface area contributed by atoms with E-state index in [4.69, 9.17) is 9.84 Å². The summed E-state index contributed by atoms with van der Waals surface area (Å²) in [5.41, 5.74) is -1.24. The first-order valence-electron chi connectivity index (χ1n) is 4.43. The molecule has 74 valence electrons. The lowest BCUT2D eigenvalue weighted by atomic mass is 9.62. The van der Waals surface area contributed by atoms with Crippen LogP contribution in [0.15, 0.2) is 0 Å². The van der Waals surface area contributed by atoms with E-state index in [0.717, 1.165) is 0 Å². The van der Waals surface area contributed by atoms with E-state index in [0.29, 0.717) is 18.8 Å². The van der Waals surface area contributed by atoms with Crippen LogP contribution in [0, 0.1) is 11.3 Å². The third kappa shape index (κ3) is 1.53. The zero-order valence-electron chi connectivity index (χ0n) is 7.87. The van der Waals surface area contributed by atoms with Crippen LogP contribution in [0.3, 0.4) is 0 Å². The molecule has 1 N–H and O–H groups in total. The largest absolute Gasteiger partial charge is 0.480 e. The predicted octanol–water partition coefficient (Wildman–Crippen LogP) is 1.05. The fourth-order valence-corrected chi connectivity index (χ4v) is 1.83. The van der Waals surface area contributed by atoms with Crippen molar-refractivity contribution in [2.24, 2.45) is 11.3 Å². The van der Waals surface area contributed by atoms with E-state index >= 15 is 0 Å². The van der Waals surface area contributed by atoms with Gasteiger partial charge in [0.2, 0.25) is 0 Å². The van der Waals surface area contributed by atoms with Crippen LogP contribution >= 0.6 is 0 Å². The van der Waals surface area contributed by atoms with Crippen LogP contribution in [-0.2, 0) is 14.3 Å². The summed E-state index contributed by atoms with van der Waals surface area (Å²) in [6.45, 7) is 3.85. The number of carbonyl (C=O) groups is 2. The van der Waals surface area contributed by atoms with Crippen LogP contribution in [0.4, 0.5) is 0 Å². The summed E-state index contributed by atoms with van der Waals surface area (Å²) in [4.78, 5) is 22.2. The molecule has 1 aliphatic carbocycles. The first-order valence-corrected chi connectivity index (χ1v) is 4.43. The highest BCUT2D eigenvalue weighted by Crippen LogP contribution is 2.46. The van der Waals surface area contributed by atoms with Gasteiger partial charge in [-0.2, -0.15) is 0 Å². The van der Waals surface area contributed by atoms with Gasteiger partial charge >= 0.3 is 11.9 Å². The van der Waals surface area contributed by atoms with Crippen molar-refractivity contribution in [3.8, 4) is 0 Å². The molecular weight excluding hydrogens is 172 g/mol. The second-order valence-corrected chi connectivity index (χ2v) is 3.62. The van der Waals surface area contributed by atoms with Crippen LogP contribution in [0.5, 0.6) is 0 Å². The molecule has 0 radical (unpaired) electrons. The van der Waals surface area contributed by atoms with Gasteiger partial charge in [-0.15, -0.1) is 0 Å². The van der Waals surface area contributed by atoms with Gasteiger partial charge in [0, 0.05) is 0 Å². The van der Waals surface area contributed by atoms with Gasteiger partial charge in [-0.25, -0.2) is 0 Å². The number of carboxylic acid groups (broad SMARTS) is 1. The SMILES string of the molecule is CCOC(=O)C1(C(=O)O)CC(C)C1. The molecule has 4 heteroatoms. The molecule has 0 spiro atoms. The number of esters is 1. The smallest absolute Gasteiger partial charge is 0.323 e. The topological polar surface area (TPSA) is 63.6 Å². The molecule has 1 saturated carbocycles. The Balaban J connectivity index is 2.70. The van der Waals surface area contributed by atoms with Gasteiger partial charge < -0.3 is 9.84 Å². The average Bonchev–Trinajstić information content (AvgIpc) is 1.98. The molecule has 0 aromatic rings. The highest BCUT2D eigenvalue weighted by molar-refractivity contribution is 6.00. The third-order valence-electron chi connectivity index (χ3n) is 2.47. The fourth-order valence-electron chi connectivity index (χ4n) is 1.83. The first-order chi connectivity index (χ1) is 6.03. The van der Waals surface area contributed by atoms with E-state index in [2.05, 4.69) is 0 Å². The van der Waals surface area contributed by atoms with Gasteiger partial charge in [0.05, 0.1) is 6.61 Å². The van der Waals surface area contributed by atoms with Gasteiger partial charge in [-0.05, 0) is 25.7 Å². The molecule has 0 unspecified atom stereocenters. The van der Waals surface area contributed by atoms with E-state index in [-0.39, 0.29) is 6.61 Å². The van der Waals surface area contributed by atoms with E-state index in [1.807, 2.05) is 6.92 Å². The van der Waals surface area contributed by atoms with Crippen LogP contribution in [0.25, 0.3) is 0 Å².